The van der Waals surface area contributed by atoms with Gasteiger partial charge in [0.05, 0.1) is 11.0 Å². The Morgan fingerprint density at radius 2 is 0.656 bits per heavy atom. The van der Waals surface area contributed by atoms with Crippen molar-refractivity contribution in [2.75, 3.05) is 4.90 Å². The molecule has 2 aromatic heterocycles. The lowest BCUT2D eigenvalue weighted by atomic mass is 9.98. The van der Waals surface area contributed by atoms with E-state index in [0.717, 1.165) is 45.0 Å². The van der Waals surface area contributed by atoms with Gasteiger partial charge in [0, 0.05) is 44.6 Å². The molecule has 0 aliphatic heterocycles. The highest BCUT2D eigenvalue weighted by Gasteiger charge is 2.17. The fraction of sp³-hybridized carbons (Fsp3) is 0. The van der Waals surface area contributed by atoms with E-state index in [1.165, 1.54) is 44.1 Å². The molecular formula is C56H38N4O. The average Bonchev–Trinajstić information content (AvgIpc) is 3.97. The predicted molar refractivity (Wildman–Crippen MR) is 250 cm³/mol. The smallest absolute Gasteiger partial charge is 0.248 e. The van der Waals surface area contributed by atoms with Crippen LogP contribution in [-0.4, -0.2) is 14.8 Å². The van der Waals surface area contributed by atoms with Gasteiger partial charge >= 0.3 is 0 Å². The van der Waals surface area contributed by atoms with E-state index < -0.39 is 0 Å². The molecule has 0 aliphatic rings. The third-order valence-corrected chi connectivity index (χ3v) is 11.4. The van der Waals surface area contributed by atoms with Crippen LogP contribution in [0.1, 0.15) is 0 Å². The number of para-hydroxylation sites is 2. The van der Waals surface area contributed by atoms with Crippen molar-refractivity contribution in [2.24, 2.45) is 0 Å². The van der Waals surface area contributed by atoms with Gasteiger partial charge in [-0.3, -0.25) is 0 Å². The Kier molecular flexibility index (Phi) is 9.10. The van der Waals surface area contributed by atoms with Crippen molar-refractivity contribution in [2.45, 2.75) is 0 Å². The molecule has 0 radical (unpaired) electrons. The molecule has 0 spiro atoms. The molecule has 0 amide bonds. The van der Waals surface area contributed by atoms with Gasteiger partial charge < -0.3 is 13.9 Å². The van der Waals surface area contributed by atoms with Crippen LogP contribution in [0, 0.1) is 0 Å². The van der Waals surface area contributed by atoms with E-state index in [4.69, 9.17) is 4.42 Å². The van der Waals surface area contributed by atoms with Crippen molar-refractivity contribution in [3.63, 3.8) is 0 Å². The summed E-state index contributed by atoms with van der Waals surface area (Å²) in [5.41, 5.74) is 15.5. The van der Waals surface area contributed by atoms with Gasteiger partial charge in [-0.25, -0.2) is 0 Å². The molecule has 0 fully saturated rings. The molecule has 0 aliphatic carbocycles. The maximum Gasteiger partial charge on any atom is 0.248 e. The van der Waals surface area contributed by atoms with Crippen LogP contribution in [0.2, 0.25) is 0 Å². The molecule has 0 saturated heterocycles. The minimum atomic E-state index is 0.485. The SMILES string of the molecule is c1ccc(-c2ccc(-c3ccc4c(c3)c3cc(-c5ccc(N(c6ccccc6)c6ccc(-c7nnc(-c8ccccc8)o7)cc6)cc5)ccc3n4-c3ccccc3)cc2)cc1. The number of hydrogen-bond acceptors (Lipinski definition) is 4. The number of hydrogen-bond donors (Lipinski definition) is 0. The molecule has 0 bridgehead atoms. The fourth-order valence-corrected chi connectivity index (χ4v) is 8.34. The normalized spacial score (nSPS) is 11.3. The Hall–Kier alpha value is -8.28. The Labute approximate surface area is 354 Å². The van der Waals surface area contributed by atoms with Gasteiger partial charge in [0.15, 0.2) is 0 Å². The minimum absolute atomic E-state index is 0.485. The zero-order valence-electron chi connectivity index (χ0n) is 33.1. The van der Waals surface area contributed by atoms with Gasteiger partial charge in [0.1, 0.15) is 0 Å². The average molecular weight is 783 g/mol. The van der Waals surface area contributed by atoms with Gasteiger partial charge in [-0.15, -0.1) is 10.2 Å². The Morgan fingerprint density at radius 1 is 0.311 bits per heavy atom. The van der Waals surface area contributed by atoms with Crippen LogP contribution < -0.4 is 4.90 Å². The maximum atomic E-state index is 6.06. The van der Waals surface area contributed by atoms with Gasteiger partial charge in [0.25, 0.3) is 0 Å². The van der Waals surface area contributed by atoms with Gasteiger partial charge in [0.2, 0.25) is 11.8 Å². The summed E-state index contributed by atoms with van der Waals surface area (Å²) < 4.78 is 8.44. The number of rotatable bonds is 9. The van der Waals surface area contributed by atoms with Crippen LogP contribution in [0.15, 0.2) is 235 Å². The second kappa shape index (κ2) is 15.5. The number of fused-ring (bicyclic) bond motifs is 3. The third-order valence-electron chi connectivity index (χ3n) is 11.4. The molecule has 2 heterocycles. The van der Waals surface area contributed by atoms with E-state index >= 15 is 0 Å². The fourth-order valence-electron chi connectivity index (χ4n) is 8.34. The molecule has 5 heteroatoms. The Morgan fingerprint density at radius 3 is 1.16 bits per heavy atom. The standard InChI is InChI=1S/C56H38N4O/c1-5-13-39(14-6-1)40-21-23-41(24-22-40)45-29-35-53-51(37-45)52-38-46(30-36-54(52)60(53)48-19-11-4-12-20-48)42-25-31-49(32-26-42)59(47-17-9-3-10-18-47)50-33-27-44(28-34-50)56-58-57-55(61-56)43-15-7-2-8-16-43/h1-38H. The number of aromatic nitrogens is 3. The van der Waals surface area contributed by atoms with Crippen molar-refractivity contribution in [1.82, 2.24) is 14.8 Å². The first-order valence-electron chi connectivity index (χ1n) is 20.5. The summed E-state index contributed by atoms with van der Waals surface area (Å²) in [6.07, 6.45) is 0. The van der Waals surface area contributed by atoms with Gasteiger partial charge in [-0.1, -0.05) is 133 Å². The topological polar surface area (TPSA) is 47.1 Å². The molecule has 288 valence electrons. The van der Waals surface area contributed by atoms with Crippen LogP contribution >= 0.6 is 0 Å². The first-order chi connectivity index (χ1) is 30.2. The number of benzene rings is 9. The van der Waals surface area contributed by atoms with E-state index in [9.17, 15) is 0 Å². The second-order valence-electron chi connectivity index (χ2n) is 15.1. The van der Waals surface area contributed by atoms with E-state index in [0.29, 0.717) is 11.8 Å². The molecular weight excluding hydrogens is 745 g/mol. The summed E-state index contributed by atoms with van der Waals surface area (Å²) in [4.78, 5) is 2.27. The summed E-state index contributed by atoms with van der Waals surface area (Å²) in [5, 5.41) is 11.1. The summed E-state index contributed by atoms with van der Waals surface area (Å²) in [6.45, 7) is 0. The highest BCUT2D eigenvalue weighted by atomic mass is 16.4. The van der Waals surface area contributed by atoms with Crippen LogP contribution in [0.4, 0.5) is 17.1 Å². The minimum Gasteiger partial charge on any atom is -0.416 e. The van der Waals surface area contributed by atoms with E-state index in [-0.39, 0.29) is 0 Å². The van der Waals surface area contributed by atoms with Gasteiger partial charge in [-0.2, -0.15) is 0 Å². The van der Waals surface area contributed by atoms with Crippen LogP contribution in [-0.2, 0) is 0 Å². The van der Waals surface area contributed by atoms with Crippen LogP contribution in [0.25, 0.3) is 83.8 Å². The highest BCUT2D eigenvalue weighted by Crippen LogP contribution is 2.40. The lowest BCUT2D eigenvalue weighted by Crippen LogP contribution is -2.09. The van der Waals surface area contributed by atoms with Crippen molar-refractivity contribution < 1.29 is 4.42 Å². The number of nitrogens with zero attached hydrogens (tertiary/aromatic N) is 4. The monoisotopic (exact) mass is 782 g/mol. The first kappa shape index (κ1) is 35.8. The molecule has 11 rings (SSSR count). The largest absolute Gasteiger partial charge is 0.416 e. The second-order valence-corrected chi connectivity index (χ2v) is 15.1. The number of anilines is 3. The van der Waals surface area contributed by atoms with Crippen molar-refractivity contribution in [3.05, 3.63) is 231 Å². The van der Waals surface area contributed by atoms with E-state index in [2.05, 4.69) is 202 Å². The van der Waals surface area contributed by atoms with Crippen molar-refractivity contribution in [1.29, 1.82) is 0 Å². The zero-order chi connectivity index (χ0) is 40.5. The lowest BCUT2D eigenvalue weighted by molar-refractivity contribution is 0.584. The van der Waals surface area contributed by atoms with Crippen molar-refractivity contribution >= 4 is 38.9 Å². The molecule has 5 nitrogen and oxygen atoms in total. The molecule has 9 aromatic carbocycles. The predicted octanol–water partition coefficient (Wildman–Crippen LogP) is 15.0. The van der Waals surface area contributed by atoms with Crippen LogP contribution in [0.3, 0.4) is 0 Å². The van der Waals surface area contributed by atoms with Crippen LogP contribution in [0.5, 0.6) is 0 Å². The third kappa shape index (κ3) is 6.84. The molecule has 0 atom stereocenters. The highest BCUT2D eigenvalue weighted by molar-refractivity contribution is 6.11. The summed E-state index contributed by atoms with van der Waals surface area (Å²) in [5.74, 6) is 0.986. The van der Waals surface area contributed by atoms with E-state index in [1.54, 1.807) is 0 Å². The molecule has 0 unspecified atom stereocenters. The molecule has 11 aromatic rings. The maximum absolute atomic E-state index is 6.06. The quantitative estimate of drug-likeness (QED) is 0.146. The summed E-state index contributed by atoms with van der Waals surface area (Å²) >= 11 is 0. The summed E-state index contributed by atoms with van der Waals surface area (Å²) in [6, 6.07) is 81.2. The zero-order valence-corrected chi connectivity index (χ0v) is 33.1. The first-order valence-corrected chi connectivity index (χ1v) is 20.5. The summed E-state index contributed by atoms with van der Waals surface area (Å²) in [7, 11) is 0. The van der Waals surface area contributed by atoms with E-state index in [1.807, 2.05) is 48.5 Å². The molecule has 61 heavy (non-hydrogen) atoms. The lowest BCUT2D eigenvalue weighted by Gasteiger charge is -2.25. The van der Waals surface area contributed by atoms with Gasteiger partial charge in [-0.05, 0) is 130 Å². The van der Waals surface area contributed by atoms with Crippen molar-refractivity contribution in [3.8, 4) is 62.0 Å². The molecule has 0 N–H and O–H groups in total. The molecule has 0 saturated carbocycles. The Bertz CT molecular complexity index is 3250. The Balaban J connectivity index is 0.945.